The van der Waals surface area contributed by atoms with E-state index in [1.165, 1.54) is 0 Å². The van der Waals surface area contributed by atoms with Gasteiger partial charge in [0.15, 0.2) is 11.2 Å². The minimum Gasteiger partial charge on any atom is -0.380 e. The highest BCUT2D eigenvalue weighted by Gasteiger charge is 2.14. The van der Waals surface area contributed by atoms with Crippen LogP contribution in [0.3, 0.4) is 0 Å². The summed E-state index contributed by atoms with van der Waals surface area (Å²) in [6.45, 7) is 0.517. The number of carbonyl (C=O) groups is 1. The van der Waals surface area contributed by atoms with Crippen LogP contribution in [0.2, 0.25) is 0 Å². The Labute approximate surface area is 177 Å². The van der Waals surface area contributed by atoms with Gasteiger partial charge in [-0.25, -0.2) is 4.52 Å². The predicted octanol–water partition coefficient (Wildman–Crippen LogP) is 3.87. The Balaban J connectivity index is 1.37. The van der Waals surface area contributed by atoms with Crippen molar-refractivity contribution >= 4 is 28.5 Å². The maximum Gasteiger partial charge on any atom is 0.249 e. The van der Waals surface area contributed by atoms with E-state index in [9.17, 15) is 4.79 Å². The first-order valence-corrected chi connectivity index (χ1v) is 9.78. The number of nitrogens with zero attached hydrogens (tertiary/aromatic N) is 4. The molecule has 0 unspecified atom stereocenters. The maximum absolute atomic E-state index is 12.5. The minimum atomic E-state index is -0.263. The van der Waals surface area contributed by atoms with Crippen LogP contribution >= 0.6 is 0 Å². The molecule has 3 heterocycles. The summed E-state index contributed by atoms with van der Waals surface area (Å²) in [6.07, 6.45) is 1.96. The molecule has 3 aromatic heterocycles. The number of hydrogen-bond donors (Lipinski definition) is 1. The molecule has 0 atom stereocenters. The molecule has 31 heavy (non-hydrogen) atoms. The van der Waals surface area contributed by atoms with Crippen LogP contribution in [0.15, 0.2) is 71.4 Å². The molecule has 0 fully saturated rings. The lowest BCUT2D eigenvalue weighted by Gasteiger charge is -2.08. The van der Waals surface area contributed by atoms with Gasteiger partial charge >= 0.3 is 0 Å². The lowest BCUT2D eigenvalue weighted by molar-refractivity contribution is -0.115. The van der Waals surface area contributed by atoms with Crippen LogP contribution < -0.4 is 5.32 Å². The van der Waals surface area contributed by atoms with Gasteiger partial charge in [0, 0.05) is 24.3 Å². The van der Waals surface area contributed by atoms with E-state index in [1.807, 2.05) is 66.9 Å². The third kappa shape index (κ3) is 3.76. The number of ether oxygens (including phenoxy) is 1. The van der Waals surface area contributed by atoms with Gasteiger partial charge < -0.3 is 9.26 Å². The molecule has 5 rings (SSSR count). The van der Waals surface area contributed by atoms with Crippen molar-refractivity contribution in [2.24, 2.45) is 0 Å². The van der Waals surface area contributed by atoms with E-state index in [-0.39, 0.29) is 18.3 Å². The average Bonchev–Trinajstić information content (AvgIpc) is 3.37. The van der Waals surface area contributed by atoms with Gasteiger partial charge in [0.2, 0.25) is 11.9 Å². The van der Waals surface area contributed by atoms with Gasteiger partial charge in [0.1, 0.15) is 5.69 Å². The van der Waals surface area contributed by atoms with Gasteiger partial charge in [-0.2, -0.15) is 4.98 Å². The largest absolute Gasteiger partial charge is 0.380 e. The smallest absolute Gasteiger partial charge is 0.249 e. The highest BCUT2D eigenvalue weighted by Crippen LogP contribution is 2.25. The Morgan fingerprint density at radius 1 is 1.10 bits per heavy atom. The van der Waals surface area contributed by atoms with Gasteiger partial charge in [-0.3, -0.25) is 10.1 Å². The Hall–Kier alpha value is -4.04. The van der Waals surface area contributed by atoms with Crippen LogP contribution in [0, 0.1) is 0 Å². The summed E-state index contributed by atoms with van der Waals surface area (Å²) >= 11 is 0. The third-order valence-corrected chi connectivity index (χ3v) is 4.99. The fourth-order valence-corrected chi connectivity index (χ4v) is 3.57. The number of hydrogen-bond acceptors (Lipinski definition) is 6. The lowest BCUT2D eigenvalue weighted by Crippen LogP contribution is -2.15. The number of anilines is 1. The number of carbonyl (C=O) groups excluding carboxylic acids is 1. The van der Waals surface area contributed by atoms with Crippen LogP contribution in [-0.4, -0.2) is 32.8 Å². The molecule has 0 bridgehead atoms. The third-order valence-electron chi connectivity index (χ3n) is 4.99. The molecule has 2 aromatic carbocycles. The number of para-hydroxylation sites is 1. The molecule has 8 heteroatoms. The number of pyridine rings is 1. The topological polar surface area (TPSA) is 94.5 Å². The van der Waals surface area contributed by atoms with Crippen molar-refractivity contribution in [2.45, 2.75) is 13.0 Å². The Bertz CT molecular complexity index is 1390. The summed E-state index contributed by atoms with van der Waals surface area (Å²) in [5, 5.41) is 12.0. The molecule has 1 amide bonds. The molecule has 0 aliphatic heterocycles. The van der Waals surface area contributed by atoms with Gasteiger partial charge in [-0.1, -0.05) is 41.6 Å². The molecule has 5 aromatic rings. The molecule has 0 aliphatic carbocycles. The molecule has 8 nitrogen and oxygen atoms in total. The molecular formula is C23H19N5O3. The highest BCUT2D eigenvalue weighted by atomic mass is 16.5. The second-order valence-corrected chi connectivity index (χ2v) is 7.10. The van der Waals surface area contributed by atoms with Crippen molar-refractivity contribution in [3.63, 3.8) is 0 Å². The van der Waals surface area contributed by atoms with Crippen LogP contribution in [0.4, 0.5) is 5.95 Å². The van der Waals surface area contributed by atoms with E-state index >= 15 is 0 Å². The van der Waals surface area contributed by atoms with Crippen LogP contribution in [0.5, 0.6) is 0 Å². The monoisotopic (exact) mass is 413 g/mol. The van der Waals surface area contributed by atoms with Gasteiger partial charge in [0.25, 0.3) is 0 Å². The Morgan fingerprint density at radius 3 is 2.84 bits per heavy atom. The fourth-order valence-electron chi connectivity index (χ4n) is 3.57. The van der Waals surface area contributed by atoms with Crippen LogP contribution in [-0.2, 0) is 22.6 Å². The highest BCUT2D eigenvalue weighted by molar-refractivity contribution is 5.93. The van der Waals surface area contributed by atoms with Crippen LogP contribution in [0.25, 0.3) is 27.7 Å². The normalized spacial score (nSPS) is 11.3. The van der Waals surface area contributed by atoms with Crippen molar-refractivity contribution in [2.75, 3.05) is 12.4 Å². The van der Waals surface area contributed by atoms with E-state index in [0.717, 1.165) is 22.1 Å². The van der Waals surface area contributed by atoms with Crippen molar-refractivity contribution < 1.29 is 14.1 Å². The summed E-state index contributed by atoms with van der Waals surface area (Å²) < 4.78 is 12.2. The van der Waals surface area contributed by atoms with Crippen molar-refractivity contribution in [1.82, 2.24) is 19.8 Å². The molecule has 0 radical (unpaired) electrons. The SMILES string of the molecule is COCc1ccccc1-c1ccc2nc(NC(=O)Cc3noc4ccccc34)nn2c1. The zero-order valence-corrected chi connectivity index (χ0v) is 16.8. The van der Waals surface area contributed by atoms with E-state index in [0.29, 0.717) is 23.5 Å². The van der Waals surface area contributed by atoms with E-state index in [4.69, 9.17) is 9.26 Å². The molecule has 1 N–H and O–H groups in total. The second kappa shape index (κ2) is 8.00. The molecule has 154 valence electrons. The number of fused-ring (bicyclic) bond motifs is 2. The minimum absolute atomic E-state index is 0.0716. The molecule has 0 saturated carbocycles. The lowest BCUT2D eigenvalue weighted by atomic mass is 10.0. The summed E-state index contributed by atoms with van der Waals surface area (Å²) in [4.78, 5) is 16.9. The summed E-state index contributed by atoms with van der Waals surface area (Å²) in [6, 6.07) is 19.3. The fraction of sp³-hybridized carbons (Fsp3) is 0.130. The summed E-state index contributed by atoms with van der Waals surface area (Å²) in [5.74, 6) is -0.0271. The maximum atomic E-state index is 12.5. The predicted molar refractivity (Wildman–Crippen MR) is 115 cm³/mol. The van der Waals surface area contributed by atoms with Gasteiger partial charge in [-0.15, -0.1) is 5.10 Å². The molecular weight excluding hydrogens is 394 g/mol. The number of nitrogens with one attached hydrogen (secondary N) is 1. The number of benzene rings is 2. The number of aromatic nitrogens is 4. The average molecular weight is 413 g/mol. The second-order valence-electron chi connectivity index (χ2n) is 7.10. The molecule has 0 saturated heterocycles. The van der Waals surface area contributed by atoms with Gasteiger partial charge in [0.05, 0.1) is 13.0 Å². The summed E-state index contributed by atoms with van der Waals surface area (Å²) in [7, 11) is 1.67. The zero-order valence-electron chi connectivity index (χ0n) is 16.8. The van der Waals surface area contributed by atoms with Crippen molar-refractivity contribution in [3.8, 4) is 11.1 Å². The van der Waals surface area contributed by atoms with E-state index < -0.39 is 0 Å². The Kier molecular flexibility index (Phi) is 4.89. The van der Waals surface area contributed by atoms with Crippen LogP contribution in [0.1, 0.15) is 11.3 Å². The number of amides is 1. The van der Waals surface area contributed by atoms with Gasteiger partial charge in [-0.05, 0) is 35.4 Å². The van der Waals surface area contributed by atoms with E-state index in [2.05, 4.69) is 20.6 Å². The summed E-state index contributed by atoms with van der Waals surface area (Å²) in [5.41, 5.74) is 4.99. The van der Waals surface area contributed by atoms with Crippen molar-refractivity contribution in [1.29, 1.82) is 0 Å². The number of rotatable bonds is 6. The molecule has 0 aliphatic rings. The zero-order chi connectivity index (χ0) is 21.2. The quantitative estimate of drug-likeness (QED) is 0.454. The standard InChI is InChI=1S/C23H19N5O3/c1-30-14-16-6-2-3-7-17(16)15-10-11-21-24-23(26-28(21)13-15)25-22(29)12-19-18-8-4-5-9-20(18)31-27-19/h2-11,13H,12,14H2,1H3,(H,25,26,29). The number of methoxy groups -OCH3 is 1. The van der Waals surface area contributed by atoms with Crippen molar-refractivity contribution in [3.05, 3.63) is 78.1 Å². The first kappa shape index (κ1) is 19.0. The van der Waals surface area contributed by atoms with E-state index in [1.54, 1.807) is 11.6 Å². The first-order chi connectivity index (χ1) is 15.2. The molecule has 0 spiro atoms. The first-order valence-electron chi connectivity index (χ1n) is 9.78. The Morgan fingerprint density at radius 2 is 1.94 bits per heavy atom.